The number of alkyl halides is 9. The van der Waals surface area contributed by atoms with E-state index in [-0.39, 0.29) is 18.2 Å². The molecule has 1 unspecified atom stereocenters. The Morgan fingerprint density at radius 3 is 1.83 bits per heavy atom. The molecular formula is C20H13F9N2O4S. The van der Waals surface area contributed by atoms with E-state index in [0.717, 1.165) is 6.07 Å². The van der Waals surface area contributed by atoms with E-state index in [1.165, 1.54) is 6.07 Å². The van der Waals surface area contributed by atoms with Crippen molar-refractivity contribution >= 4 is 21.4 Å². The molecule has 0 saturated heterocycles. The molecule has 0 aromatic heterocycles. The Morgan fingerprint density at radius 2 is 1.42 bits per heavy atom. The summed E-state index contributed by atoms with van der Waals surface area (Å²) < 4.78 is 143. The number of sulfone groups is 1. The van der Waals surface area contributed by atoms with Gasteiger partial charge in [0.25, 0.3) is 5.91 Å². The lowest BCUT2D eigenvalue weighted by Gasteiger charge is -2.24. The van der Waals surface area contributed by atoms with Crippen LogP contribution in [0.3, 0.4) is 0 Å². The SMILES string of the molecule is CC(O)(CS(=O)(=O)c1cc(C(F)(F)F)cc(C(F)(F)F)c1)C(=O)Nc1ccc(C#N)cc1C(F)(F)F. The third-order valence-corrected chi connectivity index (χ3v) is 6.48. The average Bonchev–Trinajstić information content (AvgIpc) is 2.70. The molecule has 0 fully saturated rings. The minimum absolute atomic E-state index is 0.138. The van der Waals surface area contributed by atoms with Crippen LogP contribution < -0.4 is 5.32 Å². The highest BCUT2D eigenvalue weighted by atomic mass is 32.2. The van der Waals surface area contributed by atoms with Crippen LogP contribution in [0, 0.1) is 11.3 Å². The van der Waals surface area contributed by atoms with Crippen molar-refractivity contribution in [3.05, 3.63) is 58.7 Å². The Labute approximate surface area is 196 Å². The molecule has 6 nitrogen and oxygen atoms in total. The molecule has 0 bridgehead atoms. The van der Waals surface area contributed by atoms with Gasteiger partial charge in [-0.2, -0.15) is 44.8 Å². The zero-order chi connectivity index (χ0) is 27.9. The second-order valence-electron chi connectivity index (χ2n) is 7.60. The van der Waals surface area contributed by atoms with Crippen molar-refractivity contribution in [3.63, 3.8) is 0 Å². The molecule has 0 aliphatic carbocycles. The van der Waals surface area contributed by atoms with Crippen molar-refractivity contribution in [2.45, 2.75) is 35.9 Å². The number of aliphatic hydroxyl groups is 1. The van der Waals surface area contributed by atoms with Crippen molar-refractivity contribution < 1.29 is 57.8 Å². The molecule has 196 valence electrons. The standard InChI is InChI=1S/C20H13F9N2O4S/c1-17(33,16(32)31-15-3-2-10(8-30)4-14(15)20(27,28)29)9-36(34,35)13-6-11(18(21,22)23)5-12(7-13)19(24,25)26/h2-7,33H,9H2,1H3,(H,31,32). The highest BCUT2D eigenvalue weighted by Crippen LogP contribution is 2.38. The monoisotopic (exact) mass is 548 g/mol. The summed E-state index contributed by atoms with van der Waals surface area (Å²) in [6, 6.07) is 2.65. The topological polar surface area (TPSA) is 107 Å². The van der Waals surface area contributed by atoms with Gasteiger partial charge < -0.3 is 10.4 Å². The Balaban J connectivity index is 2.46. The van der Waals surface area contributed by atoms with Gasteiger partial charge in [0.15, 0.2) is 15.4 Å². The summed E-state index contributed by atoms with van der Waals surface area (Å²) in [5.41, 5.74) is -10.1. The smallest absolute Gasteiger partial charge is 0.379 e. The van der Waals surface area contributed by atoms with Gasteiger partial charge in [-0.25, -0.2) is 8.42 Å². The van der Waals surface area contributed by atoms with Gasteiger partial charge in [-0.3, -0.25) is 4.79 Å². The number of halogens is 9. The first-order valence-corrected chi connectivity index (χ1v) is 10.9. The predicted molar refractivity (Wildman–Crippen MR) is 104 cm³/mol. The molecule has 2 aromatic carbocycles. The molecule has 0 saturated carbocycles. The number of hydrogen-bond donors (Lipinski definition) is 2. The molecule has 0 radical (unpaired) electrons. The van der Waals surface area contributed by atoms with Crippen LogP contribution in [-0.2, 0) is 33.2 Å². The van der Waals surface area contributed by atoms with Gasteiger partial charge in [0, 0.05) is 0 Å². The number of nitrogens with one attached hydrogen (secondary N) is 1. The molecule has 2 aromatic rings. The number of nitriles is 1. The molecule has 0 aliphatic rings. The molecule has 2 N–H and O–H groups in total. The first kappa shape index (κ1) is 28.9. The summed E-state index contributed by atoms with van der Waals surface area (Å²) in [5, 5.41) is 20.7. The van der Waals surface area contributed by atoms with Crippen LogP contribution in [0.4, 0.5) is 45.2 Å². The lowest BCUT2D eigenvalue weighted by atomic mass is 10.1. The summed E-state index contributed by atoms with van der Waals surface area (Å²) >= 11 is 0. The maximum atomic E-state index is 13.3. The number of rotatable bonds is 5. The molecule has 1 atom stereocenters. The Hall–Kier alpha value is -3.32. The van der Waals surface area contributed by atoms with E-state index >= 15 is 0 Å². The lowest BCUT2D eigenvalue weighted by Crippen LogP contribution is -2.46. The van der Waals surface area contributed by atoms with E-state index < -0.39 is 78.5 Å². The summed E-state index contributed by atoms with van der Waals surface area (Å²) in [6.45, 7) is 0.481. The van der Waals surface area contributed by atoms with Crippen molar-refractivity contribution in [2.24, 2.45) is 0 Å². The summed E-state index contributed by atoms with van der Waals surface area (Å²) in [7, 11) is -5.25. The van der Waals surface area contributed by atoms with Gasteiger partial charge >= 0.3 is 18.5 Å². The van der Waals surface area contributed by atoms with E-state index in [4.69, 9.17) is 5.26 Å². The summed E-state index contributed by atoms with van der Waals surface area (Å²) in [6.07, 6.45) is -15.9. The number of benzene rings is 2. The Kier molecular flexibility index (Phi) is 7.45. The van der Waals surface area contributed by atoms with Crippen LogP contribution in [0.25, 0.3) is 0 Å². The van der Waals surface area contributed by atoms with Gasteiger partial charge in [-0.15, -0.1) is 0 Å². The minimum atomic E-state index is -5.39. The summed E-state index contributed by atoms with van der Waals surface area (Å²) in [4.78, 5) is 10.9. The van der Waals surface area contributed by atoms with Crippen LogP contribution in [0.1, 0.15) is 29.2 Å². The van der Waals surface area contributed by atoms with Crippen LogP contribution in [0.2, 0.25) is 0 Å². The van der Waals surface area contributed by atoms with Gasteiger partial charge in [-0.05, 0) is 43.3 Å². The van der Waals surface area contributed by atoms with Crippen molar-refractivity contribution in [1.29, 1.82) is 5.26 Å². The van der Waals surface area contributed by atoms with Crippen molar-refractivity contribution in [2.75, 3.05) is 11.1 Å². The quantitative estimate of drug-likeness (QED) is 0.524. The van der Waals surface area contributed by atoms with Crippen molar-refractivity contribution in [1.82, 2.24) is 0 Å². The minimum Gasteiger partial charge on any atom is -0.379 e. The summed E-state index contributed by atoms with van der Waals surface area (Å²) in [5.74, 6) is -3.56. The fourth-order valence-electron chi connectivity index (χ4n) is 2.84. The molecule has 0 heterocycles. The van der Waals surface area contributed by atoms with Crippen LogP contribution in [0.5, 0.6) is 0 Å². The Morgan fingerprint density at radius 1 is 0.917 bits per heavy atom. The van der Waals surface area contributed by atoms with Gasteiger partial charge in [0.05, 0.1) is 44.7 Å². The number of amides is 1. The number of hydrogen-bond acceptors (Lipinski definition) is 5. The van der Waals surface area contributed by atoms with Gasteiger partial charge in [-0.1, -0.05) is 0 Å². The zero-order valence-electron chi connectivity index (χ0n) is 17.6. The van der Waals surface area contributed by atoms with E-state index in [0.29, 0.717) is 19.1 Å². The second-order valence-corrected chi connectivity index (χ2v) is 9.59. The molecular weight excluding hydrogens is 535 g/mol. The number of carbonyl (C=O) groups excluding carboxylic acids is 1. The largest absolute Gasteiger partial charge is 0.418 e. The third-order valence-electron chi connectivity index (χ3n) is 4.58. The highest BCUT2D eigenvalue weighted by Gasteiger charge is 2.42. The average molecular weight is 548 g/mol. The van der Waals surface area contributed by atoms with Gasteiger partial charge in [0.1, 0.15) is 0 Å². The second kappa shape index (κ2) is 9.28. The fourth-order valence-corrected chi connectivity index (χ4v) is 4.49. The molecule has 0 spiro atoms. The third kappa shape index (κ3) is 6.66. The molecule has 16 heteroatoms. The van der Waals surface area contributed by atoms with E-state index in [9.17, 15) is 57.8 Å². The van der Waals surface area contributed by atoms with E-state index in [2.05, 4.69) is 0 Å². The lowest BCUT2D eigenvalue weighted by molar-refractivity contribution is -0.143. The maximum absolute atomic E-state index is 13.3. The van der Waals surface area contributed by atoms with E-state index in [1.54, 1.807) is 5.32 Å². The zero-order valence-corrected chi connectivity index (χ0v) is 18.4. The molecule has 2 rings (SSSR count). The van der Waals surface area contributed by atoms with Gasteiger partial charge in [0.2, 0.25) is 0 Å². The first-order chi connectivity index (χ1) is 16.1. The molecule has 36 heavy (non-hydrogen) atoms. The predicted octanol–water partition coefficient (Wildman–Crippen LogP) is 4.78. The van der Waals surface area contributed by atoms with E-state index in [1.807, 2.05) is 0 Å². The Bertz CT molecular complexity index is 1290. The maximum Gasteiger partial charge on any atom is 0.418 e. The fraction of sp³-hybridized carbons (Fsp3) is 0.300. The first-order valence-electron chi connectivity index (χ1n) is 9.25. The van der Waals surface area contributed by atoms with Crippen LogP contribution in [0.15, 0.2) is 41.3 Å². The highest BCUT2D eigenvalue weighted by molar-refractivity contribution is 7.91. The van der Waals surface area contributed by atoms with Crippen LogP contribution >= 0.6 is 0 Å². The number of carbonyl (C=O) groups is 1. The van der Waals surface area contributed by atoms with Crippen molar-refractivity contribution in [3.8, 4) is 6.07 Å². The van der Waals surface area contributed by atoms with Crippen LogP contribution in [-0.4, -0.2) is 30.8 Å². The molecule has 0 aliphatic heterocycles. The number of nitrogens with zero attached hydrogens (tertiary/aromatic N) is 1. The normalized spacial score (nSPS) is 14.6. The number of anilines is 1. The molecule has 1 amide bonds.